The van der Waals surface area contributed by atoms with Crippen LogP contribution in [0.3, 0.4) is 0 Å². The van der Waals surface area contributed by atoms with Crippen LogP contribution in [0, 0.1) is 11.8 Å². The van der Waals surface area contributed by atoms with Gasteiger partial charge in [-0.2, -0.15) is 0 Å². The van der Waals surface area contributed by atoms with Crippen molar-refractivity contribution in [2.45, 2.75) is 47.0 Å². The summed E-state index contributed by atoms with van der Waals surface area (Å²) in [4.78, 5) is 0. The first kappa shape index (κ1) is 16.1. The smallest absolute Gasteiger partial charge is 0.00549 e. The summed E-state index contributed by atoms with van der Waals surface area (Å²) < 4.78 is 0. The summed E-state index contributed by atoms with van der Waals surface area (Å²) in [5.41, 5.74) is 8.90. The second-order valence-electron chi connectivity index (χ2n) is 7.34. The monoisotopic (exact) mass is 304 g/mol. The highest BCUT2D eigenvalue weighted by Gasteiger charge is 2.21. The fourth-order valence-electron chi connectivity index (χ4n) is 3.62. The van der Waals surface area contributed by atoms with Gasteiger partial charge in [0, 0.05) is 0 Å². The van der Waals surface area contributed by atoms with Gasteiger partial charge in [0.15, 0.2) is 0 Å². The average Bonchev–Trinajstić information content (AvgIpc) is 2.98. The van der Waals surface area contributed by atoms with E-state index in [1.54, 1.807) is 5.57 Å². The molecule has 3 rings (SSSR count). The number of hydrogen-bond donors (Lipinski definition) is 0. The van der Waals surface area contributed by atoms with Crippen LogP contribution in [0.5, 0.6) is 0 Å². The first-order valence-electron chi connectivity index (χ1n) is 9.00. The lowest BCUT2D eigenvalue weighted by Crippen LogP contribution is -2.00. The van der Waals surface area contributed by atoms with Crippen molar-refractivity contribution < 1.29 is 0 Å². The normalized spacial score (nSPS) is 14.7. The van der Waals surface area contributed by atoms with Gasteiger partial charge in [0.05, 0.1) is 0 Å². The van der Waals surface area contributed by atoms with Gasteiger partial charge in [-0.3, -0.25) is 0 Å². The Morgan fingerprint density at radius 1 is 0.957 bits per heavy atom. The van der Waals surface area contributed by atoms with Crippen molar-refractivity contribution >= 4 is 6.08 Å². The molecule has 1 aliphatic rings. The van der Waals surface area contributed by atoms with Crippen LogP contribution in [-0.4, -0.2) is 0 Å². The third-order valence-electron chi connectivity index (χ3n) is 5.08. The van der Waals surface area contributed by atoms with Crippen LogP contribution in [0.15, 0.2) is 48.0 Å². The third-order valence-corrected chi connectivity index (χ3v) is 5.08. The van der Waals surface area contributed by atoms with E-state index in [1.165, 1.54) is 34.2 Å². The lowest BCUT2D eigenvalue weighted by Gasteiger charge is -2.16. The molecule has 2 aromatic carbocycles. The summed E-state index contributed by atoms with van der Waals surface area (Å²) in [6.45, 7) is 9.26. The SMILES string of the molecule is CCC(C)C1=Cc2c(ccc(CC(C)C)c2-c2ccccc2)C1. The largest absolute Gasteiger partial charge is 0.0648 e. The fourth-order valence-corrected chi connectivity index (χ4v) is 3.62. The zero-order valence-corrected chi connectivity index (χ0v) is 14.9. The van der Waals surface area contributed by atoms with E-state index in [1.807, 2.05) is 0 Å². The van der Waals surface area contributed by atoms with Gasteiger partial charge >= 0.3 is 0 Å². The van der Waals surface area contributed by atoms with E-state index < -0.39 is 0 Å². The Labute approximate surface area is 141 Å². The van der Waals surface area contributed by atoms with Crippen molar-refractivity contribution in [1.82, 2.24) is 0 Å². The van der Waals surface area contributed by atoms with E-state index >= 15 is 0 Å². The summed E-state index contributed by atoms with van der Waals surface area (Å²) in [5.74, 6) is 1.36. The molecular formula is C23H28. The van der Waals surface area contributed by atoms with Gasteiger partial charge in [0.2, 0.25) is 0 Å². The van der Waals surface area contributed by atoms with Crippen LogP contribution >= 0.6 is 0 Å². The third kappa shape index (κ3) is 3.27. The fraction of sp³-hybridized carbons (Fsp3) is 0.391. The molecule has 120 valence electrons. The van der Waals surface area contributed by atoms with Crippen molar-refractivity contribution in [3.8, 4) is 11.1 Å². The maximum Gasteiger partial charge on any atom is -0.00549 e. The number of hydrogen-bond acceptors (Lipinski definition) is 0. The number of benzene rings is 2. The molecule has 0 fully saturated rings. The van der Waals surface area contributed by atoms with Gasteiger partial charge in [0.1, 0.15) is 0 Å². The predicted octanol–water partition coefficient (Wildman–Crippen LogP) is 6.54. The number of fused-ring (bicyclic) bond motifs is 1. The van der Waals surface area contributed by atoms with Crippen molar-refractivity contribution in [1.29, 1.82) is 0 Å². The quantitative estimate of drug-likeness (QED) is 0.588. The van der Waals surface area contributed by atoms with Gasteiger partial charge in [-0.05, 0) is 58.9 Å². The highest BCUT2D eigenvalue weighted by Crippen LogP contribution is 2.39. The molecule has 0 bridgehead atoms. The van der Waals surface area contributed by atoms with Crippen molar-refractivity contribution in [3.63, 3.8) is 0 Å². The van der Waals surface area contributed by atoms with Gasteiger partial charge < -0.3 is 0 Å². The van der Waals surface area contributed by atoms with Crippen LogP contribution in [0.1, 0.15) is 50.8 Å². The topological polar surface area (TPSA) is 0 Å². The Bertz CT molecular complexity index is 704. The zero-order valence-electron chi connectivity index (χ0n) is 14.9. The van der Waals surface area contributed by atoms with Gasteiger partial charge in [-0.15, -0.1) is 0 Å². The Balaban J connectivity index is 2.15. The molecule has 0 heteroatoms. The van der Waals surface area contributed by atoms with E-state index in [0.717, 1.165) is 12.8 Å². The summed E-state index contributed by atoms with van der Waals surface area (Å²) in [5, 5.41) is 0. The van der Waals surface area contributed by atoms with Gasteiger partial charge in [-0.1, -0.05) is 81.8 Å². The lowest BCUT2D eigenvalue weighted by atomic mass is 9.88. The van der Waals surface area contributed by atoms with Gasteiger partial charge in [0.25, 0.3) is 0 Å². The zero-order chi connectivity index (χ0) is 16.4. The molecule has 1 unspecified atom stereocenters. The second kappa shape index (κ2) is 6.74. The highest BCUT2D eigenvalue weighted by molar-refractivity contribution is 5.83. The molecule has 23 heavy (non-hydrogen) atoms. The standard InChI is InChI=1S/C23H28/c1-5-17(4)21-14-19-11-12-20(13-16(2)3)23(22(19)15-21)18-9-7-6-8-10-18/h6-12,15-17H,5,13-14H2,1-4H3. The molecule has 0 radical (unpaired) electrons. The first-order valence-corrected chi connectivity index (χ1v) is 9.00. The Morgan fingerprint density at radius 2 is 1.70 bits per heavy atom. The summed E-state index contributed by atoms with van der Waals surface area (Å²) in [7, 11) is 0. The molecule has 0 heterocycles. The van der Waals surface area contributed by atoms with E-state index in [9.17, 15) is 0 Å². The van der Waals surface area contributed by atoms with Crippen LogP contribution < -0.4 is 0 Å². The van der Waals surface area contributed by atoms with E-state index in [-0.39, 0.29) is 0 Å². The number of allylic oxidation sites excluding steroid dienone is 1. The molecule has 0 spiro atoms. The minimum atomic E-state index is 0.676. The predicted molar refractivity (Wildman–Crippen MR) is 102 cm³/mol. The van der Waals surface area contributed by atoms with Crippen molar-refractivity contribution in [3.05, 3.63) is 64.7 Å². The molecule has 2 aromatic rings. The van der Waals surface area contributed by atoms with Crippen LogP contribution in [0.4, 0.5) is 0 Å². The first-order chi connectivity index (χ1) is 11.1. The van der Waals surface area contributed by atoms with E-state index in [2.05, 4.69) is 76.2 Å². The molecule has 0 N–H and O–H groups in total. The minimum Gasteiger partial charge on any atom is -0.0648 e. The van der Waals surface area contributed by atoms with E-state index in [0.29, 0.717) is 11.8 Å². The maximum atomic E-state index is 2.48. The maximum absolute atomic E-state index is 2.48. The molecule has 0 aliphatic heterocycles. The minimum absolute atomic E-state index is 0.676. The van der Waals surface area contributed by atoms with Crippen LogP contribution in [0.25, 0.3) is 17.2 Å². The van der Waals surface area contributed by atoms with E-state index in [4.69, 9.17) is 0 Å². The summed E-state index contributed by atoms with van der Waals surface area (Å²) in [6.07, 6.45) is 5.98. The number of rotatable bonds is 5. The molecule has 0 saturated carbocycles. The van der Waals surface area contributed by atoms with Gasteiger partial charge in [-0.25, -0.2) is 0 Å². The molecule has 0 aromatic heterocycles. The molecule has 1 aliphatic carbocycles. The lowest BCUT2D eigenvalue weighted by molar-refractivity contribution is 0.646. The summed E-state index contributed by atoms with van der Waals surface area (Å²) >= 11 is 0. The molecule has 0 saturated heterocycles. The van der Waals surface area contributed by atoms with Crippen LogP contribution in [-0.2, 0) is 12.8 Å². The molecule has 0 amide bonds. The second-order valence-corrected chi connectivity index (χ2v) is 7.34. The molecule has 1 atom stereocenters. The highest BCUT2D eigenvalue weighted by atomic mass is 14.3. The molecule has 0 nitrogen and oxygen atoms in total. The Hall–Kier alpha value is -1.82. The van der Waals surface area contributed by atoms with Crippen molar-refractivity contribution in [2.75, 3.05) is 0 Å². The average molecular weight is 304 g/mol. The Kier molecular flexibility index (Phi) is 4.71. The van der Waals surface area contributed by atoms with Crippen molar-refractivity contribution in [2.24, 2.45) is 11.8 Å². The Morgan fingerprint density at radius 3 is 2.35 bits per heavy atom. The summed E-state index contributed by atoms with van der Waals surface area (Å²) in [6, 6.07) is 15.7. The molecular weight excluding hydrogens is 276 g/mol. The van der Waals surface area contributed by atoms with Crippen LogP contribution in [0.2, 0.25) is 0 Å².